The molecule has 0 aliphatic heterocycles. The zero-order chi connectivity index (χ0) is 38.2. The number of pyridine rings is 5. The van der Waals surface area contributed by atoms with E-state index in [1.54, 1.807) is 0 Å². The van der Waals surface area contributed by atoms with Gasteiger partial charge in [0.2, 0.25) is 0 Å². The highest BCUT2D eigenvalue weighted by Crippen LogP contribution is 2.43. The summed E-state index contributed by atoms with van der Waals surface area (Å²) in [5, 5.41) is 11.2. The van der Waals surface area contributed by atoms with Gasteiger partial charge in [0, 0.05) is 62.2 Å². The van der Waals surface area contributed by atoms with Crippen LogP contribution in [0, 0.1) is 0 Å². The quantitative estimate of drug-likeness (QED) is 0.133. The number of hydrogen-bond donors (Lipinski definition) is 0. The molecule has 58 heavy (non-hydrogen) atoms. The molecule has 0 amide bonds. The first-order valence-corrected chi connectivity index (χ1v) is 19.5. The van der Waals surface area contributed by atoms with Crippen molar-refractivity contribution < 1.29 is 0 Å². The molecule has 0 bridgehead atoms. The summed E-state index contributed by atoms with van der Waals surface area (Å²) < 4.78 is 0. The molecule has 0 aliphatic carbocycles. The summed E-state index contributed by atoms with van der Waals surface area (Å²) in [6.45, 7) is 0. The van der Waals surface area contributed by atoms with Gasteiger partial charge in [-0.1, -0.05) is 121 Å². The van der Waals surface area contributed by atoms with Gasteiger partial charge in [-0.2, -0.15) is 0 Å². The molecule has 0 saturated heterocycles. The topological polar surface area (TPSA) is 64.5 Å². The Morgan fingerprint density at radius 3 is 1.48 bits per heavy atom. The fourth-order valence-corrected chi connectivity index (χ4v) is 8.76. The van der Waals surface area contributed by atoms with Crippen LogP contribution in [0.4, 0.5) is 0 Å². The molecule has 0 fully saturated rings. The van der Waals surface area contributed by atoms with Gasteiger partial charge in [-0.25, -0.2) is 15.0 Å². The van der Waals surface area contributed by atoms with Gasteiger partial charge in [-0.15, -0.1) is 0 Å². The molecule has 5 heterocycles. The monoisotopic (exact) mass is 737 g/mol. The molecular formula is C53H31N5. The summed E-state index contributed by atoms with van der Waals surface area (Å²) in [7, 11) is 0. The normalized spacial score (nSPS) is 11.8. The van der Waals surface area contributed by atoms with Crippen molar-refractivity contribution in [3.05, 3.63) is 188 Å². The molecule has 12 aromatic rings. The number of aromatic nitrogens is 5. The van der Waals surface area contributed by atoms with Crippen molar-refractivity contribution in [2.75, 3.05) is 0 Å². The van der Waals surface area contributed by atoms with Crippen molar-refractivity contribution in [2.45, 2.75) is 0 Å². The van der Waals surface area contributed by atoms with Gasteiger partial charge in [0.1, 0.15) is 0 Å². The lowest BCUT2D eigenvalue weighted by Gasteiger charge is -2.17. The van der Waals surface area contributed by atoms with Crippen LogP contribution in [0.25, 0.3) is 121 Å². The van der Waals surface area contributed by atoms with Crippen molar-refractivity contribution in [3.8, 4) is 44.9 Å². The van der Waals surface area contributed by atoms with Gasteiger partial charge >= 0.3 is 0 Å². The average molecular weight is 738 g/mol. The molecule has 268 valence electrons. The fourth-order valence-electron chi connectivity index (χ4n) is 8.76. The Balaban J connectivity index is 0.947. The van der Waals surface area contributed by atoms with E-state index in [0.29, 0.717) is 0 Å². The van der Waals surface area contributed by atoms with E-state index in [1.165, 1.54) is 0 Å². The molecular weight excluding hydrogens is 707 g/mol. The minimum atomic E-state index is 0.910. The highest BCUT2D eigenvalue weighted by atomic mass is 14.8. The molecule has 0 saturated carbocycles. The number of nitrogens with zero attached hydrogens (tertiary/aromatic N) is 5. The lowest BCUT2D eigenvalue weighted by Crippen LogP contribution is -1.95. The third-order valence-corrected chi connectivity index (χ3v) is 11.5. The molecule has 12 rings (SSSR count). The number of benzene rings is 7. The van der Waals surface area contributed by atoms with E-state index >= 15 is 0 Å². The van der Waals surface area contributed by atoms with Crippen LogP contribution in [0.1, 0.15) is 0 Å². The second-order valence-corrected chi connectivity index (χ2v) is 14.9. The molecule has 0 spiro atoms. The molecule has 5 aromatic heterocycles. The summed E-state index contributed by atoms with van der Waals surface area (Å²) in [6, 6.07) is 59.9. The molecule has 5 nitrogen and oxygen atoms in total. The Labute approximate surface area is 333 Å². The standard InChI is InChI=1S/C53H31N5/c1-2-10-39-38(8-1)30-54-31-44(39)47-24-20-36-28-34(18-22-45(36)56-47)35-19-23-46-37(29-35)21-26-48(57-46)50-40-11-3-5-13-42(40)51(43-14-6-4-12-41(43)50)49-25-17-33-16-15-32-9-7-27-55-52(32)53(33)58-49/h1-31H. The predicted octanol–water partition coefficient (Wildman–Crippen LogP) is 13.4. The first-order valence-electron chi connectivity index (χ1n) is 19.5. The van der Waals surface area contributed by atoms with Crippen LogP contribution in [0.3, 0.4) is 0 Å². The van der Waals surface area contributed by atoms with Gasteiger partial charge in [0.25, 0.3) is 0 Å². The van der Waals surface area contributed by atoms with E-state index in [9.17, 15) is 0 Å². The first kappa shape index (κ1) is 32.4. The van der Waals surface area contributed by atoms with E-state index in [4.69, 9.17) is 19.9 Å². The lowest BCUT2D eigenvalue weighted by atomic mass is 9.88. The van der Waals surface area contributed by atoms with E-state index < -0.39 is 0 Å². The average Bonchev–Trinajstić information content (AvgIpc) is 3.29. The van der Waals surface area contributed by atoms with E-state index in [-0.39, 0.29) is 0 Å². The van der Waals surface area contributed by atoms with Crippen molar-refractivity contribution in [2.24, 2.45) is 0 Å². The predicted molar refractivity (Wildman–Crippen MR) is 240 cm³/mol. The van der Waals surface area contributed by atoms with Crippen molar-refractivity contribution >= 4 is 75.9 Å². The van der Waals surface area contributed by atoms with Crippen LogP contribution in [0.2, 0.25) is 0 Å². The van der Waals surface area contributed by atoms with E-state index in [2.05, 4.69) is 163 Å². The van der Waals surface area contributed by atoms with Crippen molar-refractivity contribution in [3.63, 3.8) is 0 Å². The van der Waals surface area contributed by atoms with Crippen LogP contribution < -0.4 is 0 Å². The summed E-state index contributed by atoms with van der Waals surface area (Å²) >= 11 is 0. The van der Waals surface area contributed by atoms with Crippen LogP contribution >= 0.6 is 0 Å². The van der Waals surface area contributed by atoms with Crippen LogP contribution in [0.15, 0.2) is 188 Å². The zero-order valence-corrected chi connectivity index (χ0v) is 31.1. The van der Waals surface area contributed by atoms with Gasteiger partial charge < -0.3 is 0 Å². The van der Waals surface area contributed by atoms with Crippen LogP contribution in [-0.2, 0) is 0 Å². The maximum absolute atomic E-state index is 5.33. The molecule has 0 unspecified atom stereocenters. The SMILES string of the molecule is c1ccc2c(-c3ccc4cc(-c5ccc6nc(-c7c8ccccc8c(-c8ccc9ccc%10cccnc%10c9n8)c8ccccc78)ccc6c5)ccc4n3)cncc2c1. The first-order chi connectivity index (χ1) is 28.7. The largest absolute Gasteiger partial charge is 0.263 e. The zero-order valence-electron chi connectivity index (χ0n) is 31.1. The number of rotatable bonds is 4. The van der Waals surface area contributed by atoms with E-state index in [1.807, 2.05) is 30.7 Å². The van der Waals surface area contributed by atoms with Gasteiger partial charge in [-0.3, -0.25) is 9.97 Å². The maximum Gasteiger partial charge on any atom is 0.0972 e. The summed E-state index contributed by atoms with van der Waals surface area (Å²) in [6.07, 6.45) is 5.65. The molecule has 0 N–H and O–H groups in total. The highest BCUT2D eigenvalue weighted by molar-refractivity contribution is 6.21. The Morgan fingerprint density at radius 1 is 0.328 bits per heavy atom. The fraction of sp³-hybridized carbons (Fsp3) is 0. The second-order valence-electron chi connectivity index (χ2n) is 14.9. The highest BCUT2D eigenvalue weighted by Gasteiger charge is 2.19. The third kappa shape index (κ3) is 5.14. The van der Waals surface area contributed by atoms with Crippen molar-refractivity contribution in [1.82, 2.24) is 24.9 Å². The molecule has 0 radical (unpaired) electrons. The Morgan fingerprint density at radius 2 is 0.828 bits per heavy atom. The molecule has 5 heteroatoms. The summed E-state index contributed by atoms with van der Waals surface area (Å²) in [5.74, 6) is 0. The van der Waals surface area contributed by atoms with Crippen LogP contribution in [0.5, 0.6) is 0 Å². The minimum Gasteiger partial charge on any atom is -0.263 e. The lowest BCUT2D eigenvalue weighted by molar-refractivity contribution is 1.33. The molecule has 7 aromatic carbocycles. The Kier molecular flexibility index (Phi) is 7.16. The smallest absolute Gasteiger partial charge is 0.0972 e. The molecule has 0 aliphatic rings. The maximum atomic E-state index is 5.33. The van der Waals surface area contributed by atoms with Crippen molar-refractivity contribution in [1.29, 1.82) is 0 Å². The summed E-state index contributed by atoms with van der Waals surface area (Å²) in [4.78, 5) is 24.9. The minimum absolute atomic E-state index is 0.910. The van der Waals surface area contributed by atoms with Crippen LogP contribution in [-0.4, -0.2) is 24.9 Å². The Hall–Kier alpha value is -7.89. The van der Waals surface area contributed by atoms with E-state index in [0.717, 1.165) is 121 Å². The molecule has 0 atom stereocenters. The summed E-state index contributed by atoms with van der Waals surface area (Å²) in [5.41, 5.74) is 12.1. The third-order valence-electron chi connectivity index (χ3n) is 11.5. The van der Waals surface area contributed by atoms with Gasteiger partial charge in [0.05, 0.1) is 39.1 Å². The van der Waals surface area contributed by atoms with Gasteiger partial charge in [0.15, 0.2) is 0 Å². The Bertz CT molecular complexity index is 3590. The van der Waals surface area contributed by atoms with Gasteiger partial charge in [-0.05, 0) is 86.6 Å². The number of fused-ring (bicyclic) bond motifs is 8. The second kappa shape index (κ2) is 12.8. The number of hydrogen-bond acceptors (Lipinski definition) is 5.